The second-order valence-corrected chi connectivity index (χ2v) is 6.37. The van der Waals surface area contributed by atoms with E-state index in [1.54, 1.807) is 6.08 Å². The lowest BCUT2D eigenvalue weighted by atomic mass is 9.85. The Morgan fingerprint density at radius 3 is 2.50 bits per heavy atom. The van der Waals surface area contributed by atoms with Crippen LogP contribution in [0.5, 0.6) is 0 Å². The van der Waals surface area contributed by atoms with E-state index in [2.05, 4.69) is 20.4 Å². The van der Waals surface area contributed by atoms with E-state index in [1.165, 1.54) is 0 Å². The molecule has 2 rings (SSSR count). The number of ether oxygens (including phenoxy) is 2. The normalized spacial score (nSPS) is 17.6. The predicted octanol–water partition coefficient (Wildman–Crippen LogP) is 2.73. The van der Waals surface area contributed by atoms with Crippen molar-refractivity contribution in [3.8, 4) is 0 Å². The summed E-state index contributed by atoms with van der Waals surface area (Å²) < 4.78 is 10.4. The molecule has 0 aliphatic carbocycles. The summed E-state index contributed by atoms with van der Waals surface area (Å²) in [5, 5.41) is 0. The van der Waals surface area contributed by atoms with Crippen LogP contribution in [0.4, 0.5) is 0 Å². The Bertz CT molecular complexity index is 518. The molecule has 0 amide bonds. The van der Waals surface area contributed by atoms with Crippen LogP contribution in [0.3, 0.4) is 0 Å². The molecule has 0 bridgehead atoms. The van der Waals surface area contributed by atoms with Gasteiger partial charge in [-0.3, -0.25) is 4.79 Å². The zero-order valence-electron chi connectivity index (χ0n) is 13.4. The third-order valence-electron chi connectivity index (χ3n) is 3.94. The van der Waals surface area contributed by atoms with Gasteiger partial charge in [0.05, 0.1) is 24.7 Å². The zero-order valence-corrected chi connectivity index (χ0v) is 13.4. The highest BCUT2D eigenvalue weighted by Gasteiger charge is 2.36. The van der Waals surface area contributed by atoms with E-state index in [0.717, 1.165) is 17.5 Å². The molecule has 1 aromatic rings. The van der Waals surface area contributed by atoms with Crippen LogP contribution in [-0.4, -0.2) is 25.8 Å². The molecule has 120 valence electrons. The van der Waals surface area contributed by atoms with Gasteiger partial charge in [-0.05, 0) is 23.5 Å². The Kier molecular flexibility index (Phi) is 5.37. The predicted molar refractivity (Wildman–Crippen MR) is 86.5 cm³/mol. The number of benzene rings is 1. The van der Waals surface area contributed by atoms with Crippen molar-refractivity contribution < 1.29 is 14.3 Å². The highest BCUT2D eigenvalue weighted by atomic mass is 16.5. The lowest BCUT2D eigenvalue weighted by Crippen LogP contribution is -2.54. The van der Waals surface area contributed by atoms with Gasteiger partial charge in [0.25, 0.3) is 0 Å². The molecule has 1 saturated heterocycles. The maximum absolute atomic E-state index is 12.3. The molecule has 0 aromatic heterocycles. The highest BCUT2D eigenvalue weighted by Crippen LogP contribution is 2.30. The minimum Gasteiger partial charge on any atom is -0.461 e. The molecule has 1 unspecified atom stereocenters. The SMILES string of the molecule is C=CCOC(=O)C(CC(C)C)c1ccc(C2(N)COC2)cc1. The second kappa shape index (κ2) is 7.07. The molecule has 1 aliphatic rings. The number of hydrogen-bond donors (Lipinski definition) is 1. The zero-order chi connectivity index (χ0) is 16.2. The van der Waals surface area contributed by atoms with Crippen molar-refractivity contribution >= 4 is 5.97 Å². The molecule has 2 N–H and O–H groups in total. The minimum absolute atomic E-state index is 0.198. The summed E-state index contributed by atoms with van der Waals surface area (Å²) in [4.78, 5) is 12.3. The van der Waals surface area contributed by atoms with Crippen molar-refractivity contribution in [2.45, 2.75) is 31.7 Å². The lowest BCUT2D eigenvalue weighted by molar-refractivity contribution is -0.144. The van der Waals surface area contributed by atoms with Gasteiger partial charge in [0.1, 0.15) is 6.61 Å². The summed E-state index contributed by atoms with van der Waals surface area (Å²) in [7, 11) is 0. The lowest BCUT2D eigenvalue weighted by Gasteiger charge is -2.38. The van der Waals surface area contributed by atoms with E-state index in [0.29, 0.717) is 19.1 Å². The molecular weight excluding hydrogens is 278 g/mol. The van der Waals surface area contributed by atoms with E-state index in [-0.39, 0.29) is 24.0 Å². The number of hydrogen-bond acceptors (Lipinski definition) is 4. The number of carbonyl (C=O) groups excluding carboxylic acids is 1. The summed E-state index contributed by atoms with van der Waals surface area (Å²) in [6.07, 6.45) is 2.34. The van der Waals surface area contributed by atoms with E-state index in [4.69, 9.17) is 15.2 Å². The quantitative estimate of drug-likeness (QED) is 0.621. The van der Waals surface area contributed by atoms with Crippen molar-refractivity contribution in [3.05, 3.63) is 48.0 Å². The van der Waals surface area contributed by atoms with Gasteiger partial charge in [0.15, 0.2) is 0 Å². The third kappa shape index (κ3) is 3.76. The summed E-state index contributed by atoms with van der Waals surface area (Å²) in [5.41, 5.74) is 7.86. The molecule has 1 aromatic carbocycles. The van der Waals surface area contributed by atoms with E-state index in [9.17, 15) is 4.79 Å². The molecule has 1 aliphatic heterocycles. The summed E-state index contributed by atoms with van der Waals surface area (Å²) in [6.45, 7) is 9.11. The highest BCUT2D eigenvalue weighted by molar-refractivity contribution is 5.78. The smallest absolute Gasteiger partial charge is 0.313 e. The maximum Gasteiger partial charge on any atom is 0.313 e. The molecule has 0 saturated carbocycles. The molecule has 1 atom stereocenters. The standard InChI is InChI=1S/C18H25NO3/c1-4-9-22-17(20)16(10-13(2)3)14-5-7-15(8-6-14)18(19)11-21-12-18/h4-8,13,16H,1,9-12,19H2,2-3H3. The van der Waals surface area contributed by atoms with Gasteiger partial charge >= 0.3 is 5.97 Å². The van der Waals surface area contributed by atoms with Crippen molar-refractivity contribution in [1.82, 2.24) is 0 Å². The molecular formula is C18H25NO3. The number of esters is 1. The Morgan fingerprint density at radius 2 is 2.05 bits per heavy atom. The van der Waals surface area contributed by atoms with Crippen LogP contribution in [-0.2, 0) is 19.8 Å². The van der Waals surface area contributed by atoms with Crippen LogP contribution in [0.2, 0.25) is 0 Å². The van der Waals surface area contributed by atoms with E-state index >= 15 is 0 Å². The van der Waals surface area contributed by atoms with Crippen molar-refractivity contribution in [3.63, 3.8) is 0 Å². The first-order valence-electron chi connectivity index (χ1n) is 7.71. The molecule has 0 spiro atoms. The van der Waals surface area contributed by atoms with Crippen LogP contribution in [0.1, 0.15) is 37.3 Å². The maximum atomic E-state index is 12.3. The van der Waals surface area contributed by atoms with Gasteiger partial charge in [0, 0.05) is 0 Å². The fraction of sp³-hybridized carbons (Fsp3) is 0.500. The van der Waals surface area contributed by atoms with E-state index in [1.807, 2.05) is 24.3 Å². The van der Waals surface area contributed by atoms with E-state index < -0.39 is 0 Å². The van der Waals surface area contributed by atoms with Crippen LogP contribution in [0.25, 0.3) is 0 Å². The average molecular weight is 303 g/mol. The molecule has 1 heterocycles. The molecule has 4 nitrogen and oxygen atoms in total. The number of nitrogens with two attached hydrogens (primary N) is 1. The van der Waals surface area contributed by atoms with Gasteiger partial charge in [-0.2, -0.15) is 0 Å². The van der Waals surface area contributed by atoms with Gasteiger partial charge in [0.2, 0.25) is 0 Å². The van der Waals surface area contributed by atoms with Gasteiger partial charge in [-0.15, -0.1) is 0 Å². The number of rotatable bonds is 7. The van der Waals surface area contributed by atoms with Crippen molar-refractivity contribution in [2.24, 2.45) is 11.7 Å². The van der Waals surface area contributed by atoms with Gasteiger partial charge in [-0.1, -0.05) is 50.8 Å². The van der Waals surface area contributed by atoms with Crippen LogP contribution < -0.4 is 5.73 Å². The van der Waals surface area contributed by atoms with Crippen molar-refractivity contribution in [2.75, 3.05) is 19.8 Å². The largest absolute Gasteiger partial charge is 0.461 e. The first kappa shape index (κ1) is 16.7. The monoisotopic (exact) mass is 303 g/mol. The van der Waals surface area contributed by atoms with Crippen LogP contribution >= 0.6 is 0 Å². The Hall–Kier alpha value is -1.65. The summed E-state index contributed by atoms with van der Waals surface area (Å²) in [6, 6.07) is 7.94. The number of carbonyl (C=O) groups is 1. The molecule has 1 fully saturated rings. The molecule has 4 heteroatoms. The first-order valence-corrected chi connectivity index (χ1v) is 7.71. The van der Waals surface area contributed by atoms with Gasteiger partial charge < -0.3 is 15.2 Å². The Labute approximate surface area is 132 Å². The molecule has 0 radical (unpaired) electrons. The summed E-state index contributed by atoms with van der Waals surface area (Å²) in [5.74, 6) is -0.0435. The van der Waals surface area contributed by atoms with Gasteiger partial charge in [-0.25, -0.2) is 0 Å². The van der Waals surface area contributed by atoms with Crippen LogP contribution in [0.15, 0.2) is 36.9 Å². The minimum atomic E-state index is -0.380. The average Bonchev–Trinajstić information content (AvgIpc) is 2.48. The van der Waals surface area contributed by atoms with Crippen molar-refractivity contribution in [1.29, 1.82) is 0 Å². The fourth-order valence-electron chi connectivity index (χ4n) is 2.62. The summed E-state index contributed by atoms with van der Waals surface area (Å²) >= 11 is 0. The fourth-order valence-corrected chi connectivity index (χ4v) is 2.62. The third-order valence-corrected chi connectivity index (χ3v) is 3.94. The first-order chi connectivity index (χ1) is 10.5. The topological polar surface area (TPSA) is 61.5 Å². The Morgan fingerprint density at radius 1 is 1.41 bits per heavy atom. The second-order valence-electron chi connectivity index (χ2n) is 6.37. The Balaban J connectivity index is 2.16. The van der Waals surface area contributed by atoms with Crippen LogP contribution in [0, 0.1) is 5.92 Å². The molecule has 22 heavy (non-hydrogen) atoms.